The molecule has 4 rings (SSSR count). The molecule has 0 bridgehead atoms. The summed E-state index contributed by atoms with van der Waals surface area (Å²) in [6.07, 6.45) is 0.162. The molecule has 1 aliphatic rings. The lowest BCUT2D eigenvalue weighted by Crippen LogP contribution is -2.28. The summed E-state index contributed by atoms with van der Waals surface area (Å²) >= 11 is 5.88. The third-order valence-corrected chi connectivity index (χ3v) is 4.43. The first-order chi connectivity index (χ1) is 11.6. The Hall–Kier alpha value is -2.73. The van der Waals surface area contributed by atoms with Gasteiger partial charge in [-0.05, 0) is 36.4 Å². The Morgan fingerprint density at radius 1 is 1.12 bits per heavy atom. The normalized spacial score (nSPS) is 17.6. The second-order valence-corrected chi connectivity index (χ2v) is 6.15. The molecule has 0 spiro atoms. The van der Waals surface area contributed by atoms with Crippen molar-refractivity contribution in [3.63, 3.8) is 0 Å². The van der Waals surface area contributed by atoms with Crippen molar-refractivity contribution in [2.45, 2.75) is 6.42 Å². The van der Waals surface area contributed by atoms with E-state index in [4.69, 9.17) is 11.6 Å². The standard InChI is InChI=1S/C17H13ClN4O2/c18-12-5-7-13(8-6-12)21-10-11(9-16(21)23)17(24)22-15-4-2-1-3-14(15)19-20-22/h1-8,11H,9-10H2. The highest BCUT2D eigenvalue weighted by molar-refractivity contribution is 6.30. The number of aromatic nitrogens is 3. The SMILES string of the molecule is O=C1CC(C(=O)n2nnc3ccccc32)CN1c1ccc(Cl)cc1. The molecule has 0 aliphatic carbocycles. The van der Waals surface area contributed by atoms with Gasteiger partial charge in [0.1, 0.15) is 5.52 Å². The summed E-state index contributed by atoms with van der Waals surface area (Å²) in [5.41, 5.74) is 2.05. The van der Waals surface area contributed by atoms with Crippen LogP contribution in [-0.4, -0.2) is 33.4 Å². The summed E-state index contributed by atoms with van der Waals surface area (Å²) in [6.45, 7) is 0.327. The number of anilines is 1. The number of para-hydroxylation sites is 1. The maximum Gasteiger partial charge on any atom is 0.254 e. The van der Waals surface area contributed by atoms with Crippen molar-refractivity contribution >= 4 is 40.1 Å². The van der Waals surface area contributed by atoms with Gasteiger partial charge in [-0.1, -0.05) is 28.9 Å². The van der Waals surface area contributed by atoms with Gasteiger partial charge in [-0.3, -0.25) is 9.59 Å². The van der Waals surface area contributed by atoms with Gasteiger partial charge in [0.2, 0.25) is 5.91 Å². The molecule has 1 aromatic heterocycles. The Balaban J connectivity index is 1.60. The van der Waals surface area contributed by atoms with Crippen molar-refractivity contribution in [3.8, 4) is 0 Å². The van der Waals surface area contributed by atoms with Crippen molar-refractivity contribution in [1.29, 1.82) is 0 Å². The van der Waals surface area contributed by atoms with Crippen LogP contribution in [0.5, 0.6) is 0 Å². The molecule has 1 unspecified atom stereocenters. The molecule has 2 aromatic carbocycles. The average Bonchev–Trinajstić information content (AvgIpc) is 3.19. The average molecular weight is 341 g/mol. The van der Waals surface area contributed by atoms with Crippen LogP contribution < -0.4 is 4.90 Å². The highest BCUT2D eigenvalue weighted by Crippen LogP contribution is 2.27. The van der Waals surface area contributed by atoms with Gasteiger partial charge in [-0.2, -0.15) is 4.68 Å². The summed E-state index contributed by atoms with van der Waals surface area (Å²) in [5.74, 6) is -0.744. The Kier molecular flexibility index (Phi) is 3.54. The third-order valence-electron chi connectivity index (χ3n) is 4.17. The minimum Gasteiger partial charge on any atom is -0.312 e. The van der Waals surface area contributed by atoms with Gasteiger partial charge in [-0.25, -0.2) is 0 Å². The zero-order valence-electron chi connectivity index (χ0n) is 12.6. The van der Waals surface area contributed by atoms with Gasteiger partial charge < -0.3 is 4.90 Å². The second kappa shape index (κ2) is 5.72. The number of amides is 1. The van der Waals surface area contributed by atoms with Crippen molar-refractivity contribution < 1.29 is 9.59 Å². The molecule has 0 saturated carbocycles. The maximum atomic E-state index is 12.8. The molecule has 24 heavy (non-hydrogen) atoms. The Labute approximate surface area is 142 Å². The molecule has 1 fully saturated rings. The molecule has 120 valence electrons. The number of fused-ring (bicyclic) bond motifs is 1. The van der Waals surface area contributed by atoms with E-state index in [1.807, 2.05) is 12.1 Å². The van der Waals surface area contributed by atoms with E-state index < -0.39 is 5.92 Å². The largest absolute Gasteiger partial charge is 0.312 e. The van der Waals surface area contributed by atoms with Crippen molar-refractivity contribution in [3.05, 3.63) is 53.6 Å². The fraction of sp³-hybridized carbons (Fsp3) is 0.176. The number of benzene rings is 2. The van der Waals surface area contributed by atoms with Crippen molar-refractivity contribution in [2.24, 2.45) is 5.92 Å². The van der Waals surface area contributed by atoms with E-state index in [1.54, 1.807) is 41.3 Å². The maximum absolute atomic E-state index is 12.8. The summed E-state index contributed by atoms with van der Waals surface area (Å²) in [4.78, 5) is 26.7. The first kappa shape index (κ1) is 14.8. The van der Waals surface area contributed by atoms with Gasteiger partial charge in [-0.15, -0.1) is 5.10 Å². The number of rotatable bonds is 2. The molecule has 1 aliphatic heterocycles. The topological polar surface area (TPSA) is 68.1 Å². The Morgan fingerprint density at radius 3 is 2.67 bits per heavy atom. The van der Waals surface area contributed by atoms with Gasteiger partial charge in [0.15, 0.2) is 0 Å². The zero-order chi connectivity index (χ0) is 16.7. The third kappa shape index (κ3) is 2.45. The number of hydrogen-bond acceptors (Lipinski definition) is 4. The summed E-state index contributed by atoms with van der Waals surface area (Å²) in [6, 6.07) is 14.3. The minimum atomic E-state index is -0.446. The van der Waals surface area contributed by atoms with Crippen LogP contribution in [0.1, 0.15) is 11.2 Å². The number of carbonyl (C=O) groups excluding carboxylic acids is 2. The molecule has 1 amide bonds. The van der Waals surface area contributed by atoms with Crippen LogP contribution in [0.3, 0.4) is 0 Å². The van der Waals surface area contributed by atoms with Crippen molar-refractivity contribution in [1.82, 2.24) is 15.0 Å². The van der Waals surface area contributed by atoms with Gasteiger partial charge in [0.05, 0.1) is 11.4 Å². The molecule has 7 heteroatoms. The minimum absolute atomic E-state index is 0.0832. The lowest BCUT2D eigenvalue weighted by Gasteiger charge is -2.16. The summed E-state index contributed by atoms with van der Waals surface area (Å²) in [7, 11) is 0. The van der Waals surface area contributed by atoms with Crippen LogP contribution in [0.4, 0.5) is 5.69 Å². The van der Waals surface area contributed by atoms with Crippen LogP contribution in [0, 0.1) is 5.92 Å². The Morgan fingerprint density at radius 2 is 1.88 bits per heavy atom. The summed E-state index contributed by atoms with van der Waals surface area (Å²) < 4.78 is 1.29. The smallest absolute Gasteiger partial charge is 0.254 e. The van der Waals surface area contributed by atoms with Crippen LogP contribution >= 0.6 is 11.6 Å². The van der Waals surface area contributed by atoms with Crippen LogP contribution in [0.2, 0.25) is 5.02 Å². The molecule has 1 atom stereocenters. The molecule has 0 radical (unpaired) electrons. The van der Waals surface area contributed by atoms with E-state index in [2.05, 4.69) is 10.3 Å². The highest BCUT2D eigenvalue weighted by atomic mass is 35.5. The first-order valence-corrected chi connectivity index (χ1v) is 7.92. The lowest BCUT2D eigenvalue weighted by atomic mass is 10.1. The fourth-order valence-electron chi connectivity index (χ4n) is 2.95. The second-order valence-electron chi connectivity index (χ2n) is 5.71. The fourth-order valence-corrected chi connectivity index (χ4v) is 3.07. The predicted molar refractivity (Wildman–Crippen MR) is 90.1 cm³/mol. The lowest BCUT2D eigenvalue weighted by molar-refractivity contribution is -0.117. The van der Waals surface area contributed by atoms with Gasteiger partial charge >= 0.3 is 0 Å². The van der Waals surface area contributed by atoms with E-state index in [1.165, 1.54) is 4.68 Å². The van der Waals surface area contributed by atoms with Crippen LogP contribution in [0.15, 0.2) is 48.5 Å². The van der Waals surface area contributed by atoms with Crippen LogP contribution in [-0.2, 0) is 4.79 Å². The summed E-state index contributed by atoms with van der Waals surface area (Å²) in [5, 5.41) is 8.54. The quantitative estimate of drug-likeness (QED) is 0.719. The van der Waals surface area contributed by atoms with E-state index in [0.29, 0.717) is 22.6 Å². The zero-order valence-corrected chi connectivity index (χ0v) is 13.3. The van der Waals surface area contributed by atoms with Gasteiger partial charge in [0.25, 0.3) is 5.91 Å². The number of hydrogen-bond donors (Lipinski definition) is 0. The molecule has 2 heterocycles. The molecule has 0 N–H and O–H groups in total. The van der Waals surface area contributed by atoms with E-state index in [-0.39, 0.29) is 18.2 Å². The van der Waals surface area contributed by atoms with Crippen molar-refractivity contribution in [2.75, 3.05) is 11.4 Å². The number of halogens is 1. The number of carbonyl (C=O) groups is 2. The van der Waals surface area contributed by atoms with Crippen LogP contribution in [0.25, 0.3) is 11.0 Å². The Bertz CT molecular complexity index is 935. The van der Waals surface area contributed by atoms with E-state index >= 15 is 0 Å². The van der Waals surface area contributed by atoms with E-state index in [9.17, 15) is 9.59 Å². The predicted octanol–water partition coefficient (Wildman–Crippen LogP) is 2.78. The molecule has 6 nitrogen and oxygen atoms in total. The molecule has 3 aromatic rings. The monoisotopic (exact) mass is 340 g/mol. The van der Waals surface area contributed by atoms with Gasteiger partial charge in [0, 0.05) is 23.7 Å². The number of nitrogens with zero attached hydrogens (tertiary/aromatic N) is 4. The first-order valence-electron chi connectivity index (χ1n) is 7.54. The van der Waals surface area contributed by atoms with E-state index in [0.717, 1.165) is 5.69 Å². The molecule has 1 saturated heterocycles. The molecular formula is C17H13ClN4O2. The highest BCUT2D eigenvalue weighted by Gasteiger charge is 2.36. The molecular weight excluding hydrogens is 328 g/mol.